The Hall–Kier alpha value is -0.700. The van der Waals surface area contributed by atoms with E-state index in [4.69, 9.17) is 0 Å². The molecule has 0 spiro atoms. The first-order valence-corrected chi connectivity index (χ1v) is 6.83. The molecule has 0 radical (unpaired) electrons. The predicted octanol–water partition coefficient (Wildman–Crippen LogP) is 4.27. The molecule has 3 heteroatoms. The SMILES string of the molecule is Cc1nc(CC(C)(C)C)sc1C(=O)C(C)(C)C. The van der Waals surface area contributed by atoms with Gasteiger partial charge in [0.2, 0.25) is 0 Å². The molecule has 0 amide bonds. The molecule has 17 heavy (non-hydrogen) atoms. The average Bonchev–Trinajstić information content (AvgIpc) is 2.40. The van der Waals surface area contributed by atoms with Gasteiger partial charge in [-0.15, -0.1) is 11.3 Å². The molecule has 0 unspecified atom stereocenters. The van der Waals surface area contributed by atoms with Gasteiger partial charge in [-0.05, 0) is 12.3 Å². The van der Waals surface area contributed by atoms with Gasteiger partial charge >= 0.3 is 0 Å². The van der Waals surface area contributed by atoms with Gasteiger partial charge in [0.15, 0.2) is 5.78 Å². The second-order valence-electron chi connectivity index (χ2n) is 6.84. The highest BCUT2D eigenvalue weighted by molar-refractivity contribution is 7.13. The highest BCUT2D eigenvalue weighted by Crippen LogP contribution is 2.30. The summed E-state index contributed by atoms with van der Waals surface area (Å²) in [5.41, 5.74) is 0.775. The monoisotopic (exact) mass is 253 g/mol. The molecule has 0 aliphatic rings. The van der Waals surface area contributed by atoms with E-state index in [1.165, 1.54) is 0 Å². The van der Waals surface area contributed by atoms with Crippen LogP contribution in [0, 0.1) is 17.8 Å². The molecule has 1 aromatic rings. The number of Topliss-reactive ketones (excluding diaryl/α,β-unsaturated/α-hetero) is 1. The Morgan fingerprint density at radius 1 is 1.18 bits per heavy atom. The van der Waals surface area contributed by atoms with E-state index >= 15 is 0 Å². The third-order valence-corrected chi connectivity index (χ3v) is 3.57. The van der Waals surface area contributed by atoms with Crippen molar-refractivity contribution in [1.82, 2.24) is 4.98 Å². The van der Waals surface area contributed by atoms with Crippen molar-refractivity contribution >= 4 is 17.1 Å². The van der Waals surface area contributed by atoms with Gasteiger partial charge in [0, 0.05) is 11.8 Å². The normalized spacial score (nSPS) is 12.9. The molecule has 0 bridgehead atoms. The van der Waals surface area contributed by atoms with Gasteiger partial charge in [-0.25, -0.2) is 4.98 Å². The molecule has 0 N–H and O–H groups in total. The smallest absolute Gasteiger partial charge is 0.179 e. The lowest BCUT2D eigenvalue weighted by molar-refractivity contribution is 0.0862. The minimum atomic E-state index is -0.323. The average molecular weight is 253 g/mol. The number of hydrogen-bond acceptors (Lipinski definition) is 3. The van der Waals surface area contributed by atoms with Gasteiger partial charge in [0.05, 0.1) is 15.6 Å². The minimum absolute atomic E-state index is 0.202. The highest BCUT2D eigenvalue weighted by atomic mass is 32.1. The van der Waals surface area contributed by atoms with Crippen LogP contribution in [0.2, 0.25) is 0 Å². The van der Waals surface area contributed by atoms with Crippen LogP contribution in [-0.4, -0.2) is 10.8 Å². The molecule has 1 heterocycles. The summed E-state index contributed by atoms with van der Waals surface area (Å²) in [7, 11) is 0. The lowest BCUT2D eigenvalue weighted by Gasteiger charge is -2.16. The summed E-state index contributed by atoms with van der Waals surface area (Å²) in [6.45, 7) is 14.4. The number of carbonyl (C=O) groups is 1. The fourth-order valence-electron chi connectivity index (χ4n) is 1.53. The van der Waals surface area contributed by atoms with Crippen LogP contribution in [-0.2, 0) is 6.42 Å². The van der Waals surface area contributed by atoms with Crippen molar-refractivity contribution in [1.29, 1.82) is 0 Å². The second-order valence-corrected chi connectivity index (χ2v) is 7.92. The van der Waals surface area contributed by atoms with Crippen LogP contribution < -0.4 is 0 Å². The molecule has 0 atom stereocenters. The zero-order valence-electron chi connectivity index (χ0n) is 12.0. The van der Waals surface area contributed by atoms with Gasteiger partial charge in [0.25, 0.3) is 0 Å². The van der Waals surface area contributed by atoms with Gasteiger partial charge in [-0.2, -0.15) is 0 Å². The van der Waals surface area contributed by atoms with E-state index in [0.29, 0.717) is 0 Å². The molecule has 0 aliphatic heterocycles. The van der Waals surface area contributed by atoms with E-state index < -0.39 is 0 Å². The summed E-state index contributed by atoms with van der Waals surface area (Å²) in [5.74, 6) is 0.202. The lowest BCUT2D eigenvalue weighted by atomic mass is 9.89. The molecule has 96 valence electrons. The third-order valence-electron chi connectivity index (χ3n) is 2.41. The fraction of sp³-hybridized carbons (Fsp3) is 0.714. The second kappa shape index (κ2) is 4.52. The Morgan fingerprint density at radius 3 is 2.12 bits per heavy atom. The standard InChI is InChI=1S/C14H23NOS/c1-9-11(12(16)14(5,6)7)17-10(15-9)8-13(2,3)4/h8H2,1-7H3. The maximum atomic E-state index is 12.2. The van der Waals surface area contributed by atoms with Crippen LogP contribution in [0.5, 0.6) is 0 Å². The van der Waals surface area contributed by atoms with E-state index in [9.17, 15) is 4.79 Å². The molecule has 0 fully saturated rings. The zero-order valence-corrected chi connectivity index (χ0v) is 12.8. The van der Waals surface area contributed by atoms with E-state index in [2.05, 4.69) is 25.8 Å². The molecule has 1 aromatic heterocycles. The predicted molar refractivity (Wildman–Crippen MR) is 73.8 cm³/mol. The summed E-state index contributed by atoms with van der Waals surface area (Å²) in [5, 5.41) is 1.07. The lowest BCUT2D eigenvalue weighted by Crippen LogP contribution is -2.19. The number of hydrogen-bond donors (Lipinski definition) is 0. The van der Waals surface area contributed by atoms with Gasteiger partial charge in [-0.1, -0.05) is 41.5 Å². The van der Waals surface area contributed by atoms with Crippen LogP contribution in [0.25, 0.3) is 0 Å². The summed E-state index contributed by atoms with van der Waals surface area (Å²) in [6.07, 6.45) is 0.927. The van der Waals surface area contributed by atoms with E-state index in [0.717, 1.165) is 22.0 Å². The minimum Gasteiger partial charge on any atom is -0.293 e. The number of rotatable bonds is 2. The molecule has 0 saturated heterocycles. The number of carbonyl (C=O) groups excluding carboxylic acids is 1. The number of aryl methyl sites for hydroxylation is 1. The molecule has 0 saturated carbocycles. The first kappa shape index (κ1) is 14.4. The van der Waals surface area contributed by atoms with Crippen molar-refractivity contribution in [2.24, 2.45) is 10.8 Å². The largest absolute Gasteiger partial charge is 0.293 e. The summed E-state index contributed by atoms with van der Waals surface area (Å²) >= 11 is 1.56. The first-order chi connectivity index (χ1) is 7.50. The van der Waals surface area contributed by atoms with Gasteiger partial charge in [0.1, 0.15) is 0 Å². The number of thiazole rings is 1. The Morgan fingerprint density at radius 2 is 1.71 bits per heavy atom. The zero-order chi connectivity index (χ0) is 13.4. The Kier molecular flexibility index (Phi) is 3.82. The fourth-order valence-corrected chi connectivity index (χ4v) is 3.05. The molecule has 1 rings (SSSR count). The number of ketones is 1. The maximum absolute atomic E-state index is 12.2. The van der Waals surface area contributed by atoms with Crippen molar-refractivity contribution in [2.75, 3.05) is 0 Å². The van der Waals surface area contributed by atoms with Crippen LogP contribution in [0.3, 0.4) is 0 Å². The molecular weight excluding hydrogens is 230 g/mol. The van der Waals surface area contributed by atoms with Crippen LogP contribution in [0.15, 0.2) is 0 Å². The number of aromatic nitrogens is 1. The van der Waals surface area contributed by atoms with E-state index in [-0.39, 0.29) is 16.6 Å². The van der Waals surface area contributed by atoms with E-state index in [1.807, 2.05) is 27.7 Å². The van der Waals surface area contributed by atoms with Gasteiger partial charge in [-0.3, -0.25) is 4.79 Å². The van der Waals surface area contributed by atoms with Gasteiger partial charge < -0.3 is 0 Å². The Bertz CT molecular complexity index is 418. The van der Waals surface area contributed by atoms with E-state index in [1.54, 1.807) is 11.3 Å². The molecule has 0 aliphatic carbocycles. The third kappa shape index (κ3) is 3.91. The summed E-state index contributed by atoms with van der Waals surface area (Å²) in [6, 6.07) is 0. The Balaban J connectivity index is 3.01. The molecule has 2 nitrogen and oxygen atoms in total. The van der Waals surface area contributed by atoms with Crippen molar-refractivity contribution in [3.05, 3.63) is 15.6 Å². The molecular formula is C14H23NOS. The van der Waals surface area contributed by atoms with Crippen LogP contribution in [0.4, 0.5) is 0 Å². The quantitative estimate of drug-likeness (QED) is 0.737. The van der Waals surface area contributed by atoms with Crippen molar-refractivity contribution in [3.63, 3.8) is 0 Å². The summed E-state index contributed by atoms with van der Waals surface area (Å²) < 4.78 is 0. The number of nitrogens with zero attached hydrogens (tertiary/aromatic N) is 1. The topological polar surface area (TPSA) is 30.0 Å². The Labute approximate surface area is 108 Å². The van der Waals surface area contributed by atoms with Crippen LogP contribution >= 0.6 is 11.3 Å². The van der Waals surface area contributed by atoms with Crippen molar-refractivity contribution in [3.8, 4) is 0 Å². The summed E-state index contributed by atoms with van der Waals surface area (Å²) in [4.78, 5) is 17.6. The highest BCUT2D eigenvalue weighted by Gasteiger charge is 2.27. The van der Waals surface area contributed by atoms with Crippen molar-refractivity contribution < 1.29 is 4.79 Å². The van der Waals surface area contributed by atoms with Crippen molar-refractivity contribution in [2.45, 2.75) is 54.9 Å². The maximum Gasteiger partial charge on any atom is 0.179 e. The first-order valence-electron chi connectivity index (χ1n) is 6.02. The molecule has 0 aromatic carbocycles. The van der Waals surface area contributed by atoms with Crippen LogP contribution in [0.1, 0.15) is 61.9 Å².